The summed E-state index contributed by atoms with van der Waals surface area (Å²) < 4.78 is 0. The first-order chi connectivity index (χ1) is 5.37. The Morgan fingerprint density at radius 2 is 2.08 bits per heavy atom. The molecule has 0 spiro atoms. The number of halogens is 1. The van der Waals surface area contributed by atoms with Gasteiger partial charge < -0.3 is 5.11 Å². The topological polar surface area (TPSA) is 37.3 Å². The number of allylic oxidation sites excluding steroid dienone is 2. The highest BCUT2D eigenvalue weighted by Crippen LogP contribution is 2.59. The van der Waals surface area contributed by atoms with E-state index in [1.807, 2.05) is 19.9 Å². The molecule has 1 aliphatic carbocycles. The summed E-state index contributed by atoms with van der Waals surface area (Å²) in [6, 6.07) is 0. The van der Waals surface area contributed by atoms with Crippen LogP contribution in [0.3, 0.4) is 0 Å². The molecule has 1 rings (SSSR count). The lowest BCUT2D eigenvalue weighted by molar-refractivity contribution is -0.139. The molecule has 0 saturated heterocycles. The van der Waals surface area contributed by atoms with E-state index in [0.717, 1.165) is 0 Å². The van der Waals surface area contributed by atoms with Crippen LogP contribution in [0.15, 0.2) is 11.1 Å². The quantitative estimate of drug-likeness (QED) is 0.723. The summed E-state index contributed by atoms with van der Waals surface area (Å²) in [4.78, 5) is 10.7. The van der Waals surface area contributed by atoms with Crippen molar-refractivity contribution in [1.82, 2.24) is 0 Å². The zero-order valence-electron chi connectivity index (χ0n) is 7.47. The van der Waals surface area contributed by atoms with Gasteiger partial charge in [0.2, 0.25) is 0 Å². The lowest BCUT2D eigenvalue weighted by atomic mass is 10.1. The summed E-state index contributed by atoms with van der Waals surface area (Å²) in [7, 11) is 0. The van der Waals surface area contributed by atoms with E-state index in [-0.39, 0.29) is 17.3 Å². The summed E-state index contributed by atoms with van der Waals surface area (Å²) in [6.45, 7) is 5.68. The molecule has 3 heteroatoms. The zero-order chi connectivity index (χ0) is 9.52. The summed E-state index contributed by atoms with van der Waals surface area (Å²) in [5.74, 6) is -0.877. The second kappa shape index (κ2) is 2.77. The average Bonchev–Trinajstić information content (AvgIpc) is 2.32. The number of hydrogen-bond acceptors (Lipinski definition) is 1. The van der Waals surface area contributed by atoms with Crippen LogP contribution in [0.4, 0.5) is 0 Å². The Morgan fingerprint density at radius 3 is 2.33 bits per heavy atom. The molecule has 1 saturated carbocycles. The van der Waals surface area contributed by atoms with E-state index in [1.165, 1.54) is 0 Å². The highest BCUT2D eigenvalue weighted by molar-refractivity contribution is 6.29. The van der Waals surface area contributed by atoms with Crippen molar-refractivity contribution in [2.75, 3.05) is 0 Å². The predicted octanol–water partition coefficient (Wildman–Crippen LogP) is 2.49. The molecule has 0 amide bonds. The number of carboxylic acid groups (broad SMARTS) is 1. The Kier molecular flexibility index (Phi) is 2.21. The van der Waals surface area contributed by atoms with Crippen molar-refractivity contribution in [3.63, 3.8) is 0 Å². The first-order valence-electron chi connectivity index (χ1n) is 3.94. The van der Waals surface area contributed by atoms with Gasteiger partial charge in [0.05, 0.1) is 5.92 Å². The first kappa shape index (κ1) is 9.59. The molecule has 0 aromatic heterocycles. The third-order valence-corrected chi connectivity index (χ3v) is 2.71. The average molecular weight is 189 g/mol. The van der Waals surface area contributed by atoms with Crippen LogP contribution in [-0.2, 0) is 4.79 Å². The lowest BCUT2D eigenvalue weighted by Crippen LogP contribution is -2.02. The van der Waals surface area contributed by atoms with E-state index in [9.17, 15) is 4.79 Å². The largest absolute Gasteiger partial charge is 0.481 e. The van der Waals surface area contributed by atoms with E-state index in [4.69, 9.17) is 16.7 Å². The molecule has 0 aromatic rings. The molecule has 1 N–H and O–H groups in total. The molecule has 0 heterocycles. The molecule has 1 aliphatic rings. The predicted molar refractivity (Wildman–Crippen MR) is 48.0 cm³/mol. The lowest BCUT2D eigenvalue weighted by Gasteiger charge is -1.96. The van der Waals surface area contributed by atoms with E-state index >= 15 is 0 Å². The van der Waals surface area contributed by atoms with Crippen LogP contribution in [0.1, 0.15) is 20.8 Å². The fraction of sp³-hybridized carbons (Fsp3) is 0.667. The minimum Gasteiger partial charge on any atom is -0.481 e. The summed E-state index contributed by atoms with van der Waals surface area (Å²) in [5, 5.41) is 9.48. The van der Waals surface area contributed by atoms with Gasteiger partial charge in [-0.3, -0.25) is 4.79 Å². The van der Waals surface area contributed by atoms with Crippen LogP contribution in [0, 0.1) is 17.3 Å². The Labute approximate surface area is 77.2 Å². The van der Waals surface area contributed by atoms with E-state index in [1.54, 1.807) is 6.92 Å². The van der Waals surface area contributed by atoms with Crippen molar-refractivity contribution < 1.29 is 9.90 Å². The molecular weight excluding hydrogens is 176 g/mol. The van der Waals surface area contributed by atoms with Crippen molar-refractivity contribution in [1.29, 1.82) is 0 Å². The van der Waals surface area contributed by atoms with E-state index in [2.05, 4.69) is 0 Å². The van der Waals surface area contributed by atoms with Crippen molar-refractivity contribution >= 4 is 17.6 Å². The maximum absolute atomic E-state index is 10.7. The monoisotopic (exact) mass is 188 g/mol. The summed E-state index contributed by atoms with van der Waals surface area (Å²) in [5.41, 5.74) is -0.123. The van der Waals surface area contributed by atoms with Crippen LogP contribution in [-0.4, -0.2) is 11.1 Å². The highest BCUT2D eigenvalue weighted by Gasteiger charge is 2.60. The summed E-state index contributed by atoms with van der Waals surface area (Å²) >= 11 is 5.68. The highest BCUT2D eigenvalue weighted by atomic mass is 35.5. The molecule has 1 unspecified atom stereocenters. The Hall–Kier alpha value is -0.500. The van der Waals surface area contributed by atoms with Crippen molar-refractivity contribution in [2.45, 2.75) is 20.8 Å². The molecule has 2 atom stereocenters. The van der Waals surface area contributed by atoms with Gasteiger partial charge in [0.1, 0.15) is 0 Å². The number of rotatable bonds is 2. The molecule has 2 nitrogen and oxygen atoms in total. The first-order valence-corrected chi connectivity index (χ1v) is 4.32. The van der Waals surface area contributed by atoms with Crippen molar-refractivity contribution in [3.8, 4) is 0 Å². The van der Waals surface area contributed by atoms with Gasteiger partial charge in [0.25, 0.3) is 0 Å². The molecular formula is C9H13ClO2. The van der Waals surface area contributed by atoms with Crippen molar-refractivity contribution in [3.05, 3.63) is 11.1 Å². The second-order valence-corrected chi connectivity index (χ2v) is 4.51. The second-order valence-electron chi connectivity index (χ2n) is 3.92. The maximum Gasteiger partial charge on any atom is 0.307 e. The van der Waals surface area contributed by atoms with Crippen LogP contribution >= 0.6 is 11.6 Å². The molecule has 0 aliphatic heterocycles. The van der Waals surface area contributed by atoms with Gasteiger partial charge >= 0.3 is 5.97 Å². The molecule has 0 radical (unpaired) electrons. The molecule has 0 aromatic carbocycles. The zero-order valence-corrected chi connectivity index (χ0v) is 8.22. The molecule has 1 fully saturated rings. The van der Waals surface area contributed by atoms with E-state index < -0.39 is 5.97 Å². The van der Waals surface area contributed by atoms with Gasteiger partial charge in [-0.25, -0.2) is 0 Å². The number of carbonyl (C=O) groups is 1. The molecule has 68 valence electrons. The standard InChI is InChI=1S/C9H13ClO2/c1-5(10)4-6-7(8(11)12)9(6,2)3/h4,6-7H,1-3H3,(H,11,12)/b5-4+/t6?,7-/m0/s1. The third-order valence-electron chi connectivity index (χ3n) is 2.59. The maximum atomic E-state index is 10.7. The fourth-order valence-corrected chi connectivity index (χ4v) is 1.84. The smallest absolute Gasteiger partial charge is 0.307 e. The molecule has 12 heavy (non-hydrogen) atoms. The third kappa shape index (κ3) is 1.48. The van der Waals surface area contributed by atoms with Gasteiger partial charge in [-0.05, 0) is 18.3 Å². The number of carboxylic acids is 1. The van der Waals surface area contributed by atoms with Gasteiger partial charge in [-0.15, -0.1) is 0 Å². The van der Waals surface area contributed by atoms with Crippen LogP contribution < -0.4 is 0 Å². The minimum atomic E-state index is -0.723. The van der Waals surface area contributed by atoms with Gasteiger partial charge in [0, 0.05) is 5.03 Å². The van der Waals surface area contributed by atoms with Crippen LogP contribution in [0.25, 0.3) is 0 Å². The molecule has 0 bridgehead atoms. The Balaban J connectivity index is 2.73. The SMILES string of the molecule is C/C(Cl)=C\C1[C@@H](C(=O)O)C1(C)C. The van der Waals surface area contributed by atoms with Crippen LogP contribution in [0.2, 0.25) is 0 Å². The van der Waals surface area contributed by atoms with Gasteiger partial charge in [-0.2, -0.15) is 0 Å². The fourth-order valence-electron chi connectivity index (χ4n) is 1.71. The van der Waals surface area contributed by atoms with E-state index in [0.29, 0.717) is 5.03 Å². The van der Waals surface area contributed by atoms with Gasteiger partial charge in [-0.1, -0.05) is 31.5 Å². The van der Waals surface area contributed by atoms with Crippen LogP contribution in [0.5, 0.6) is 0 Å². The minimum absolute atomic E-state index is 0.104. The van der Waals surface area contributed by atoms with Gasteiger partial charge in [0.15, 0.2) is 0 Å². The Morgan fingerprint density at radius 1 is 1.58 bits per heavy atom. The Bertz CT molecular complexity index is 239. The van der Waals surface area contributed by atoms with Crippen molar-refractivity contribution in [2.24, 2.45) is 17.3 Å². The normalized spacial score (nSPS) is 33.2. The number of aliphatic carboxylic acids is 1. The summed E-state index contributed by atoms with van der Waals surface area (Å²) in [6.07, 6.45) is 1.83. The number of hydrogen-bond donors (Lipinski definition) is 1.